The summed E-state index contributed by atoms with van der Waals surface area (Å²) in [7, 11) is 1.63. The van der Waals surface area contributed by atoms with Crippen molar-refractivity contribution >= 4 is 5.97 Å². The second-order valence-electron chi connectivity index (χ2n) is 7.85. The Kier molecular flexibility index (Phi) is 6.12. The first-order chi connectivity index (χ1) is 12.1. The molecular weight excluding hydrogens is 318 g/mol. The first-order valence-electron chi connectivity index (χ1n) is 9.59. The molecule has 1 aliphatic heterocycles. The number of carboxylic acid groups (broad SMARTS) is 1. The Hall–Kier alpha value is -1.40. The van der Waals surface area contributed by atoms with E-state index < -0.39 is 11.4 Å². The van der Waals surface area contributed by atoms with Crippen molar-refractivity contribution in [2.75, 3.05) is 26.8 Å². The summed E-state index contributed by atoms with van der Waals surface area (Å²) in [6, 6.07) is 0. The lowest BCUT2D eigenvalue weighted by Crippen LogP contribution is -2.48. The van der Waals surface area contributed by atoms with Gasteiger partial charge in [0.1, 0.15) is 5.82 Å². The minimum atomic E-state index is -0.694. The topological polar surface area (TPSA) is 78.5 Å². The third-order valence-electron chi connectivity index (χ3n) is 5.93. The van der Waals surface area contributed by atoms with Crippen LogP contribution in [0.25, 0.3) is 0 Å². The maximum Gasteiger partial charge on any atom is 0.311 e. The lowest BCUT2D eigenvalue weighted by molar-refractivity contribution is -0.154. The molecule has 0 spiro atoms. The summed E-state index contributed by atoms with van der Waals surface area (Å²) < 4.78 is 5.14. The smallest absolute Gasteiger partial charge is 0.311 e. The van der Waals surface area contributed by atoms with Gasteiger partial charge in [0.2, 0.25) is 0 Å². The summed E-state index contributed by atoms with van der Waals surface area (Å²) >= 11 is 0. The van der Waals surface area contributed by atoms with E-state index >= 15 is 0 Å². The Balaban J connectivity index is 1.58. The molecule has 0 radical (unpaired) electrons. The van der Waals surface area contributed by atoms with Crippen LogP contribution in [-0.2, 0) is 22.5 Å². The zero-order chi connectivity index (χ0) is 17.7. The molecule has 2 N–H and O–H groups in total. The van der Waals surface area contributed by atoms with Crippen molar-refractivity contribution in [2.24, 2.45) is 11.3 Å². The van der Waals surface area contributed by atoms with Crippen molar-refractivity contribution in [1.29, 1.82) is 0 Å². The van der Waals surface area contributed by atoms with E-state index in [1.807, 2.05) is 6.20 Å². The molecule has 0 amide bonds. The van der Waals surface area contributed by atoms with Gasteiger partial charge in [-0.25, -0.2) is 4.98 Å². The molecule has 1 saturated carbocycles. The zero-order valence-electron chi connectivity index (χ0n) is 15.3. The maximum atomic E-state index is 11.9. The van der Waals surface area contributed by atoms with Crippen molar-refractivity contribution in [3.05, 3.63) is 17.7 Å². The number of likely N-dealkylation sites (tertiary alicyclic amines) is 1. The summed E-state index contributed by atoms with van der Waals surface area (Å²) in [4.78, 5) is 22.1. The Morgan fingerprint density at radius 1 is 1.44 bits per heavy atom. The molecule has 140 valence electrons. The second kappa shape index (κ2) is 8.32. The van der Waals surface area contributed by atoms with Gasteiger partial charge in [0.05, 0.1) is 5.41 Å². The lowest BCUT2D eigenvalue weighted by atomic mass is 9.77. The largest absolute Gasteiger partial charge is 0.481 e. The van der Waals surface area contributed by atoms with Gasteiger partial charge < -0.3 is 14.8 Å². The number of H-pyrrole nitrogens is 1. The van der Waals surface area contributed by atoms with E-state index in [0.29, 0.717) is 19.6 Å². The molecule has 1 aromatic heterocycles. The molecule has 2 aliphatic rings. The Morgan fingerprint density at radius 3 is 2.96 bits per heavy atom. The number of hydrogen-bond acceptors (Lipinski definition) is 4. The minimum absolute atomic E-state index is 0.496. The van der Waals surface area contributed by atoms with E-state index in [4.69, 9.17) is 4.74 Å². The van der Waals surface area contributed by atoms with Crippen LogP contribution in [0.5, 0.6) is 0 Å². The number of imidazole rings is 1. The van der Waals surface area contributed by atoms with Gasteiger partial charge in [0.25, 0.3) is 0 Å². The molecule has 6 nitrogen and oxygen atoms in total. The fourth-order valence-corrected chi connectivity index (χ4v) is 4.46. The first kappa shape index (κ1) is 18.4. The molecule has 0 bridgehead atoms. The van der Waals surface area contributed by atoms with E-state index in [-0.39, 0.29) is 0 Å². The first-order valence-corrected chi connectivity index (χ1v) is 9.59. The van der Waals surface area contributed by atoms with E-state index in [0.717, 1.165) is 49.8 Å². The highest BCUT2D eigenvalue weighted by atomic mass is 16.5. The van der Waals surface area contributed by atoms with Gasteiger partial charge in [-0.2, -0.15) is 0 Å². The third kappa shape index (κ3) is 4.61. The predicted molar refractivity (Wildman–Crippen MR) is 95.3 cm³/mol. The number of ether oxygens (including phenoxy) is 1. The highest BCUT2D eigenvalue weighted by Crippen LogP contribution is 2.34. The monoisotopic (exact) mass is 349 g/mol. The van der Waals surface area contributed by atoms with Crippen molar-refractivity contribution < 1.29 is 14.6 Å². The molecule has 1 aromatic rings. The molecular formula is C19H31N3O3. The highest BCUT2D eigenvalue weighted by Gasteiger charge is 2.42. The average molecular weight is 349 g/mol. The number of nitrogens with one attached hydrogen (secondary N) is 1. The minimum Gasteiger partial charge on any atom is -0.481 e. The number of hydrogen-bond donors (Lipinski definition) is 2. The van der Waals surface area contributed by atoms with E-state index in [2.05, 4.69) is 14.9 Å². The third-order valence-corrected chi connectivity index (χ3v) is 5.93. The van der Waals surface area contributed by atoms with Gasteiger partial charge in [-0.1, -0.05) is 25.7 Å². The Bertz CT molecular complexity index is 568. The molecule has 2 heterocycles. The SMILES string of the molecule is COCC[C@]1(C(=O)O)CCCN(Cc2cnc(CC3CCCC3)[nH]2)C1. The normalized spacial score (nSPS) is 25.5. The van der Waals surface area contributed by atoms with Gasteiger partial charge >= 0.3 is 5.97 Å². The molecule has 0 unspecified atom stereocenters. The van der Waals surface area contributed by atoms with Crippen LogP contribution in [0.15, 0.2) is 6.20 Å². The Labute approximate surface area is 150 Å². The number of carbonyl (C=O) groups is 1. The van der Waals surface area contributed by atoms with Crippen LogP contribution in [0.3, 0.4) is 0 Å². The van der Waals surface area contributed by atoms with Gasteiger partial charge in [0.15, 0.2) is 0 Å². The number of aromatic nitrogens is 2. The summed E-state index contributed by atoms with van der Waals surface area (Å²) in [6.45, 7) is 2.77. The number of aromatic amines is 1. The molecule has 25 heavy (non-hydrogen) atoms. The second-order valence-corrected chi connectivity index (χ2v) is 7.85. The summed E-state index contributed by atoms with van der Waals surface area (Å²) in [6.07, 6.45) is 10.5. The zero-order valence-corrected chi connectivity index (χ0v) is 15.3. The fraction of sp³-hybridized carbons (Fsp3) is 0.789. The average Bonchev–Trinajstić information content (AvgIpc) is 3.26. The summed E-state index contributed by atoms with van der Waals surface area (Å²) in [5, 5.41) is 9.76. The quantitative estimate of drug-likeness (QED) is 0.754. The maximum absolute atomic E-state index is 11.9. The van der Waals surface area contributed by atoms with Crippen molar-refractivity contribution in [3.8, 4) is 0 Å². The van der Waals surface area contributed by atoms with Gasteiger partial charge in [-0.05, 0) is 31.7 Å². The van der Waals surface area contributed by atoms with Crippen molar-refractivity contribution in [2.45, 2.75) is 57.9 Å². The van der Waals surface area contributed by atoms with Crippen LogP contribution in [0, 0.1) is 11.3 Å². The standard InChI is InChI=1S/C19H31N3O3/c1-25-10-8-19(18(23)24)7-4-9-22(14-19)13-16-12-20-17(21-16)11-15-5-2-3-6-15/h12,15H,2-11,13-14H2,1H3,(H,20,21)(H,23,24)/t19-/m1/s1. The molecule has 2 fully saturated rings. The van der Waals surface area contributed by atoms with Crippen LogP contribution in [0.2, 0.25) is 0 Å². The Morgan fingerprint density at radius 2 is 2.24 bits per heavy atom. The van der Waals surface area contributed by atoms with E-state index in [9.17, 15) is 9.90 Å². The number of rotatable bonds is 8. The number of piperidine rings is 1. The van der Waals surface area contributed by atoms with Crippen LogP contribution in [0.1, 0.15) is 56.5 Å². The molecule has 1 atom stereocenters. The van der Waals surface area contributed by atoms with Gasteiger partial charge in [0, 0.05) is 45.1 Å². The summed E-state index contributed by atoms with van der Waals surface area (Å²) in [5.74, 6) is 1.17. The van der Waals surface area contributed by atoms with Crippen molar-refractivity contribution in [1.82, 2.24) is 14.9 Å². The molecule has 6 heteroatoms. The number of aliphatic carboxylic acids is 1. The molecule has 1 aliphatic carbocycles. The molecule has 1 saturated heterocycles. The van der Waals surface area contributed by atoms with Crippen LogP contribution in [0.4, 0.5) is 0 Å². The van der Waals surface area contributed by atoms with Gasteiger partial charge in [-0.15, -0.1) is 0 Å². The van der Waals surface area contributed by atoms with Crippen LogP contribution >= 0.6 is 0 Å². The van der Waals surface area contributed by atoms with Crippen LogP contribution < -0.4 is 0 Å². The highest BCUT2D eigenvalue weighted by molar-refractivity contribution is 5.75. The lowest BCUT2D eigenvalue weighted by Gasteiger charge is -2.39. The predicted octanol–water partition coefficient (Wildman–Crippen LogP) is 2.85. The molecule has 0 aromatic carbocycles. The molecule has 3 rings (SSSR count). The van der Waals surface area contributed by atoms with Crippen molar-refractivity contribution in [3.63, 3.8) is 0 Å². The fourth-order valence-electron chi connectivity index (χ4n) is 4.46. The number of carboxylic acids is 1. The van der Waals surface area contributed by atoms with Gasteiger partial charge in [-0.3, -0.25) is 9.69 Å². The van der Waals surface area contributed by atoms with E-state index in [1.165, 1.54) is 25.7 Å². The number of nitrogens with zero attached hydrogens (tertiary/aromatic N) is 2. The number of methoxy groups -OCH3 is 1. The van der Waals surface area contributed by atoms with Crippen LogP contribution in [-0.4, -0.2) is 52.7 Å². The summed E-state index contributed by atoms with van der Waals surface area (Å²) in [5.41, 5.74) is 0.418. The van der Waals surface area contributed by atoms with E-state index in [1.54, 1.807) is 7.11 Å².